The lowest BCUT2D eigenvalue weighted by atomic mass is 9.93. The van der Waals surface area contributed by atoms with Crippen LogP contribution in [0.15, 0.2) is 194 Å². The van der Waals surface area contributed by atoms with Crippen LogP contribution in [0.5, 0.6) is 0 Å². The van der Waals surface area contributed by atoms with Crippen molar-refractivity contribution in [3.8, 4) is 66.8 Å². The quantitative estimate of drug-likeness (QED) is 0.198. The van der Waals surface area contributed by atoms with Crippen molar-refractivity contribution in [1.29, 1.82) is 0 Å². The number of nitrogens with zero attached hydrogens (tertiary/aromatic N) is 1. The lowest BCUT2D eigenvalue weighted by Crippen LogP contribution is -2.30. The molecule has 0 amide bonds. The molecular weight excluding hydrogens is 593 g/mol. The van der Waals surface area contributed by atoms with Gasteiger partial charge in [0.1, 0.15) is 6.17 Å². The van der Waals surface area contributed by atoms with Crippen LogP contribution in [0.3, 0.4) is 0 Å². The summed E-state index contributed by atoms with van der Waals surface area (Å²) < 4.78 is 0. The molecule has 0 aromatic heterocycles. The Morgan fingerprint density at radius 3 is 1.20 bits per heavy atom. The summed E-state index contributed by atoms with van der Waals surface area (Å²) >= 11 is 0. The molecule has 9 rings (SSSR count). The minimum atomic E-state index is 0.109. The molecule has 2 heterocycles. The average Bonchev–Trinajstić information content (AvgIpc) is 3.57. The fourth-order valence-corrected chi connectivity index (χ4v) is 7.04. The standard InChI is InChI=1S/C47H34N2/c1-3-9-33(10-4-1)35-14-18-37(19-15-35)39-22-24-41(25-23-39)43-31-44(47-45(32-43)49-30-8-7-13-46(49)48-47)42-28-26-40(27-29-42)38-20-16-36(17-21-38)34-11-5-2-6-12-34/h1-32,46,48H. The molecule has 7 aromatic carbocycles. The third kappa shape index (κ3) is 5.54. The molecule has 0 saturated carbocycles. The molecular formula is C47H34N2. The van der Waals surface area contributed by atoms with Gasteiger partial charge in [-0.05, 0) is 85.5 Å². The highest BCUT2D eigenvalue weighted by Crippen LogP contribution is 2.46. The first-order chi connectivity index (χ1) is 24.3. The molecule has 232 valence electrons. The Morgan fingerprint density at radius 2 is 0.755 bits per heavy atom. The van der Waals surface area contributed by atoms with Gasteiger partial charge in [-0.15, -0.1) is 0 Å². The fourth-order valence-electron chi connectivity index (χ4n) is 7.04. The molecule has 2 nitrogen and oxygen atoms in total. The van der Waals surface area contributed by atoms with Gasteiger partial charge < -0.3 is 10.2 Å². The van der Waals surface area contributed by atoms with Gasteiger partial charge in [-0.1, -0.05) is 164 Å². The summed E-state index contributed by atoms with van der Waals surface area (Å²) in [7, 11) is 0. The highest BCUT2D eigenvalue weighted by atomic mass is 15.3. The Balaban J connectivity index is 1.03. The summed E-state index contributed by atoms with van der Waals surface area (Å²) in [5, 5.41) is 3.79. The summed E-state index contributed by atoms with van der Waals surface area (Å²) in [5.74, 6) is 0. The van der Waals surface area contributed by atoms with E-state index in [0.717, 1.165) is 0 Å². The van der Waals surface area contributed by atoms with Gasteiger partial charge in [-0.2, -0.15) is 0 Å². The van der Waals surface area contributed by atoms with Crippen LogP contribution in [0.25, 0.3) is 66.8 Å². The van der Waals surface area contributed by atoms with Crippen LogP contribution in [-0.2, 0) is 0 Å². The lowest BCUT2D eigenvalue weighted by Gasteiger charge is -2.22. The van der Waals surface area contributed by atoms with Gasteiger partial charge in [-0.3, -0.25) is 0 Å². The van der Waals surface area contributed by atoms with E-state index >= 15 is 0 Å². The van der Waals surface area contributed by atoms with E-state index in [4.69, 9.17) is 0 Å². The average molecular weight is 627 g/mol. The van der Waals surface area contributed by atoms with Crippen molar-refractivity contribution >= 4 is 11.4 Å². The number of hydrogen-bond donors (Lipinski definition) is 1. The SMILES string of the molecule is C1=CC2Nc3c(-c4ccc(-c5ccc(-c6ccccc6)cc5)cc4)cc(-c4ccc(-c5ccc(-c6ccccc6)cc5)cc4)cc3N2C=C1. The summed E-state index contributed by atoms with van der Waals surface area (Å²) in [6.07, 6.45) is 8.71. The van der Waals surface area contributed by atoms with Crippen molar-refractivity contribution < 1.29 is 0 Å². The number of rotatable bonds is 6. The maximum absolute atomic E-state index is 3.79. The van der Waals surface area contributed by atoms with Crippen LogP contribution in [0.2, 0.25) is 0 Å². The van der Waals surface area contributed by atoms with Gasteiger partial charge in [0.15, 0.2) is 0 Å². The summed E-state index contributed by atoms with van der Waals surface area (Å²) in [6, 6.07) is 61.4. The van der Waals surface area contributed by atoms with Crippen LogP contribution < -0.4 is 10.2 Å². The summed E-state index contributed by atoms with van der Waals surface area (Å²) in [6.45, 7) is 0. The van der Waals surface area contributed by atoms with Crippen molar-refractivity contribution in [2.24, 2.45) is 0 Å². The molecule has 0 radical (unpaired) electrons. The van der Waals surface area contributed by atoms with Crippen LogP contribution in [-0.4, -0.2) is 6.17 Å². The van der Waals surface area contributed by atoms with Crippen molar-refractivity contribution in [2.45, 2.75) is 6.17 Å². The Hall–Kier alpha value is -6.38. The van der Waals surface area contributed by atoms with Crippen molar-refractivity contribution in [2.75, 3.05) is 10.2 Å². The van der Waals surface area contributed by atoms with E-state index in [-0.39, 0.29) is 6.17 Å². The van der Waals surface area contributed by atoms with Gasteiger partial charge in [0.2, 0.25) is 0 Å². The predicted molar refractivity (Wildman–Crippen MR) is 207 cm³/mol. The first kappa shape index (κ1) is 28.8. The number of anilines is 2. The third-order valence-electron chi connectivity index (χ3n) is 9.70. The van der Waals surface area contributed by atoms with Crippen LogP contribution in [0.1, 0.15) is 0 Å². The number of fused-ring (bicyclic) bond motifs is 3. The molecule has 0 saturated heterocycles. The molecule has 2 aliphatic heterocycles. The van der Waals surface area contributed by atoms with Crippen LogP contribution in [0.4, 0.5) is 11.4 Å². The first-order valence-electron chi connectivity index (χ1n) is 16.9. The van der Waals surface area contributed by atoms with E-state index in [1.807, 2.05) is 0 Å². The van der Waals surface area contributed by atoms with Crippen LogP contribution in [0, 0.1) is 0 Å². The van der Waals surface area contributed by atoms with Crippen LogP contribution >= 0.6 is 0 Å². The molecule has 49 heavy (non-hydrogen) atoms. The largest absolute Gasteiger partial charge is 0.359 e. The smallest absolute Gasteiger partial charge is 0.123 e. The number of nitrogens with one attached hydrogen (secondary N) is 1. The second-order valence-electron chi connectivity index (χ2n) is 12.7. The van der Waals surface area contributed by atoms with Gasteiger partial charge in [0, 0.05) is 11.8 Å². The minimum Gasteiger partial charge on any atom is -0.359 e. The molecule has 1 atom stereocenters. The van der Waals surface area contributed by atoms with E-state index in [2.05, 4.69) is 205 Å². The molecule has 0 aliphatic carbocycles. The Bertz CT molecular complexity index is 2300. The third-order valence-corrected chi connectivity index (χ3v) is 9.70. The normalized spacial score (nSPS) is 14.3. The van der Waals surface area contributed by atoms with E-state index in [1.54, 1.807) is 0 Å². The molecule has 2 aliphatic rings. The number of allylic oxidation sites excluding steroid dienone is 2. The van der Waals surface area contributed by atoms with Crippen molar-refractivity contribution in [1.82, 2.24) is 0 Å². The van der Waals surface area contributed by atoms with Crippen molar-refractivity contribution in [3.05, 3.63) is 194 Å². The second-order valence-corrected chi connectivity index (χ2v) is 12.7. The summed E-state index contributed by atoms with van der Waals surface area (Å²) in [4.78, 5) is 2.33. The molecule has 1 unspecified atom stereocenters. The second kappa shape index (κ2) is 12.3. The molecule has 1 N–H and O–H groups in total. The van der Waals surface area contributed by atoms with E-state index in [9.17, 15) is 0 Å². The van der Waals surface area contributed by atoms with E-state index in [0.29, 0.717) is 0 Å². The molecule has 0 spiro atoms. The van der Waals surface area contributed by atoms with Gasteiger partial charge in [-0.25, -0.2) is 0 Å². The number of hydrogen-bond acceptors (Lipinski definition) is 2. The Morgan fingerprint density at radius 1 is 0.367 bits per heavy atom. The van der Waals surface area contributed by atoms with Gasteiger partial charge in [0.25, 0.3) is 0 Å². The molecule has 2 heteroatoms. The highest BCUT2D eigenvalue weighted by Gasteiger charge is 2.29. The van der Waals surface area contributed by atoms with Gasteiger partial charge in [0.05, 0.1) is 11.4 Å². The number of benzene rings is 7. The highest BCUT2D eigenvalue weighted by molar-refractivity contribution is 5.96. The van der Waals surface area contributed by atoms with E-state index < -0.39 is 0 Å². The van der Waals surface area contributed by atoms with Crippen molar-refractivity contribution in [3.63, 3.8) is 0 Å². The molecule has 7 aromatic rings. The zero-order valence-corrected chi connectivity index (χ0v) is 27.0. The maximum Gasteiger partial charge on any atom is 0.123 e. The van der Waals surface area contributed by atoms with E-state index in [1.165, 1.54) is 78.1 Å². The Labute approximate surface area is 288 Å². The monoisotopic (exact) mass is 626 g/mol. The zero-order valence-electron chi connectivity index (χ0n) is 27.0. The minimum absolute atomic E-state index is 0.109. The predicted octanol–water partition coefficient (Wildman–Crippen LogP) is 12.3. The molecule has 0 bridgehead atoms. The topological polar surface area (TPSA) is 15.3 Å². The zero-order chi connectivity index (χ0) is 32.6. The first-order valence-corrected chi connectivity index (χ1v) is 16.9. The Kier molecular flexibility index (Phi) is 7.25. The molecule has 0 fully saturated rings. The fraction of sp³-hybridized carbons (Fsp3) is 0.0213. The maximum atomic E-state index is 3.79. The van der Waals surface area contributed by atoms with Gasteiger partial charge >= 0.3 is 0 Å². The summed E-state index contributed by atoms with van der Waals surface area (Å²) in [5.41, 5.74) is 16.9. The lowest BCUT2D eigenvalue weighted by molar-refractivity contribution is 0.908.